The molecule has 0 aliphatic carbocycles. The lowest BCUT2D eigenvalue weighted by molar-refractivity contribution is 0.237. The average Bonchev–Trinajstić information content (AvgIpc) is 2.66. The Morgan fingerprint density at radius 2 is 2.10 bits per heavy atom. The summed E-state index contributed by atoms with van der Waals surface area (Å²) in [5, 5.41) is 3.46. The van der Waals surface area contributed by atoms with Gasteiger partial charge in [-0.1, -0.05) is 20.8 Å². The molecule has 0 aromatic carbocycles. The van der Waals surface area contributed by atoms with Crippen molar-refractivity contribution in [1.29, 1.82) is 0 Å². The summed E-state index contributed by atoms with van der Waals surface area (Å²) in [6.45, 7) is 14.4. The first-order chi connectivity index (χ1) is 10.00. The maximum atomic E-state index is 5.96. The number of hydrogen-bond acceptors (Lipinski definition) is 3. The lowest BCUT2D eigenvalue weighted by atomic mass is 9.85. The fourth-order valence-electron chi connectivity index (χ4n) is 3.10. The van der Waals surface area contributed by atoms with Crippen molar-refractivity contribution in [2.24, 2.45) is 5.41 Å². The first-order valence-electron chi connectivity index (χ1n) is 8.51. The van der Waals surface area contributed by atoms with Gasteiger partial charge < -0.3 is 9.73 Å². The molecular weight excluding hydrogens is 260 g/mol. The standard InChI is InChI=1S/C18H32N2O/c1-5-9-19-13-16-12-17(21-15(16)2)14-20-10-6-7-18(3,4)8-11-20/h12,19H,5-11,13-14H2,1-4H3. The molecule has 0 amide bonds. The van der Waals surface area contributed by atoms with Crippen LogP contribution in [0.4, 0.5) is 0 Å². The van der Waals surface area contributed by atoms with E-state index in [1.807, 2.05) is 0 Å². The number of nitrogens with one attached hydrogen (secondary N) is 1. The van der Waals surface area contributed by atoms with Crippen LogP contribution in [-0.2, 0) is 13.1 Å². The number of nitrogens with zero attached hydrogens (tertiary/aromatic N) is 1. The predicted octanol–water partition coefficient (Wildman–Crippen LogP) is 4.10. The van der Waals surface area contributed by atoms with E-state index in [-0.39, 0.29) is 0 Å². The Morgan fingerprint density at radius 3 is 2.86 bits per heavy atom. The fourth-order valence-corrected chi connectivity index (χ4v) is 3.10. The van der Waals surface area contributed by atoms with E-state index in [4.69, 9.17) is 4.42 Å². The second-order valence-corrected chi connectivity index (χ2v) is 7.26. The highest BCUT2D eigenvalue weighted by atomic mass is 16.3. The third-order valence-corrected chi connectivity index (χ3v) is 4.63. The van der Waals surface area contributed by atoms with Crippen molar-refractivity contribution in [3.8, 4) is 0 Å². The van der Waals surface area contributed by atoms with Gasteiger partial charge in [0.1, 0.15) is 11.5 Å². The van der Waals surface area contributed by atoms with Crippen LogP contribution in [-0.4, -0.2) is 24.5 Å². The van der Waals surface area contributed by atoms with Crippen LogP contribution in [0.25, 0.3) is 0 Å². The molecule has 0 spiro atoms. The highest BCUT2D eigenvalue weighted by Crippen LogP contribution is 2.30. The summed E-state index contributed by atoms with van der Waals surface area (Å²) in [5.41, 5.74) is 1.82. The third-order valence-electron chi connectivity index (χ3n) is 4.63. The summed E-state index contributed by atoms with van der Waals surface area (Å²) in [4.78, 5) is 2.55. The minimum Gasteiger partial charge on any atom is -0.465 e. The largest absolute Gasteiger partial charge is 0.465 e. The molecule has 1 N–H and O–H groups in total. The van der Waals surface area contributed by atoms with Gasteiger partial charge in [0.2, 0.25) is 0 Å². The van der Waals surface area contributed by atoms with Crippen LogP contribution in [0.2, 0.25) is 0 Å². The van der Waals surface area contributed by atoms with E-state index in [0.29, 0.717) is 5.41 Å². The molecule has 3 nitrogen and oxygen atoms in total. The van der Waals surface area contributed by atoms with Gasteiger partial charge in [-0.3, -0.25) is 4.90 Å². The topological polar surface area (TPSA) is 28.4 Å². The molecule has 2 heterocycles. The number of aryl methyl sites for hydroxylation is 1. The molecule has 0 saturated carbocycles. The summed E-state index contributed by atoms with van der Waals surface area (Å²) in [5.74, 6) is 2.20. The van der Waals surface area contributed by atoms with E-state index in [2.05, 4.69) is 44.0 Å². The molecule has 1 aliphatic heterocycles. The molecule has 0 unspecified atom stereocenters. The first-order valence-corrected chi connectivity index (χ1v) is 8.51. The van der Waals surface area contributed by atoms with E-state index in [9.17, 15) is 0 Å². The van der Waals surface area contributed by atoms with E-state index < -0.39 is 0 Å². The minimum absolute atomic E-state index is 0.503. The van der Waals surface area contributed by atoms with Gasteiger partial charge in [0.25, 0.3) is 0 Å². The average molecular weight is 292 g/mol. The maximum Gasteiger partial charge on any atom is 0.118 e. The van der Waals surface area contributed by atoms with Crippen molar-refractivity contribution < 1.29 is 4.42 Å². The van der Waals surface area contributed by atoms with Gasteiger partial charge in [-0.15, -0.1) is 0 Å². The van der Waals surface area contributed by atoms with Gasteiger partial charge in [-0.25, -0.2) is 0 Å². The molecule has 1 aromatic rings. The quantitative estimate of drug-likeness (QED) is 0.800. The van der Waals surface area contributed by atoms with E-state index in [1.165, 1.54) is 44.3 Å². The Balaban J connectivity index is 1.89. The second kappa shape index (κ2) is 7.46. The Labute approximate surface area is 130 Å². The Kier molecular flexibility index (Phi) is 5.88. The number of likely N-dealkylation sites (tertiary alicyclic amines) is 1. The normalized spacial score (nSPS) is 19.6. The van der Waals surface area contributed by atoms with Gasteiger partial charge in [0.15, 0.2) is 0 Å². The minimum atomic E-state index is 0.503. The van der Waals surface area contributed by atoms with Crippen molar-refractivity contribution in [2.45, 2.75) is 66.5 Å². The zero-order valence-electron chi connectivity index (χ0n) is 14.3. The smallest absolute Gasteiger partial charge is 0.118 e. The van der Waals surface area contributed by atoms with Crippen molar-refractivity contribution in [3.63, 3.8) is 0 Å². The van der Waals surface area contributed by atoms with Gasteiger partial charge >= 0.3 is 0 Å². The van der Waals surface area contributed by atoms with Crippen LogP contribution in [0, 0.1) is 12.3 Å². The number of rotatable bonds is 6. The van der Waals surface area contributed by atoms with Gasteiger partial charge in [-0.2, -0.15) is 0 Å². The van der Waals surface area contributed by atoms with Crippen LogP contribution < -0.4 is 5.32 Å². The predicted molar refractivity (Wildman–Crippen MR) is 88.4 cm³/mol. The van der Waals surface area contributed by atoms with Crippen molar-refractivity contribution >= 4 is 0 Å². The zero-order chi connectivity index (χ0) is 15.3. The lowest BCUT2D eigenvalue weighted by Gasteiger charge is -2.22. The molecule has 3 heteroatoms. The van der Waals surface area contributed by atoms with Crippen molar-refractivity contribution in [2.75, 3.05) is 19.6 Å². The molecule has 0 bridgehead atoms. The Bertz CT molecular complexity index is 436. The van der Waals surface area contributed by atoms with E-state index >= 15 is 0 Å². The molecule has 0 radical (unpaired) electrons. The van der Waals surface area contributed by atoms with Crippen LogP contribution in [0.1, 0.15) is 63.5 Å². The van der Waals surface area contributed by atoms with Gasteiger partial charge in [-0.05, 0) is 63.7 Å². The van der Waals surface area contributed by atoms with Gasteiger partial charge in [0.05, 0.1) is 6.54 Å². The summed E-state index contributed by atoms with van der Waals surface area (Å²) in [7, 11) is 0. The Morgan fingerprint density at radius 1 is 1.29 bits per heavy atom. The van der Waals surface area contributed by atoms with Crippen LogP contribution in [0.5, 0.6) is 0 Å². The van der Waals surface area contributed by atoms with E-state index in [0.717, 1.165) is 31.2 Å². The summed E-state index contributed by atoms with van der Waals surface area (Å²) < 4.78 is 5.96. The lowest BCUT2D eigenvalue weighted by Crippen LogP contribution is -2.24. The molecule has 2 rings (SSSR count). The summed E-state index contributed by atoms with van der Waals surface area (Å²) in [6, 6.07) is 2.24. The molecule has 1 aliphatic rings. The summed E-state index contributed by atoms with van der Waals surface area (Å²) in [6.07, 6.45) is 5.11. The molecule has 1 aromatic heterocycles. The second-order valence-electron chi connectivity index (χ2n) is 7.26. The highest BCUT2D eigenvalue weighted by molar-refractivity contribution is 5.20. The third kappa shape index (κ3) is 5.15. The summed E-state index contributed by atoms with van der Waals surface area (Å²) >= 11 is 0. The molecule has 0 atom stereocenters. The Hall–Kier alpha value is -0.800. The fraction of sp³-hybridized carbons (Fsp3) is 0.778. The van der Waals surface area contributed by atoms with Crippen LogP contribution in [0.3, 0.4) is 0 Å². The van der Waals surface area contributed by atoms with E-state index in [1.54, 1.807) is 0 Å². The first kappa shape index (κ1) is 16.6. The van der Waals surface area contributed by atoms with Crippen LogP contribution in [0.15, 0.2) is 10.5 Å². The van der Waals surface area contributed by atoms with Gasteiger partial charge in [0, 0.05) is 12.1 Å². The molecular formula is C18H32N2O. The number of furan rings is 1. The SMILES string of the molecule is CCCNCc1cc(CN2CCCC(C)(C)CC2)oc1C. The number of hydrogen-bond donors (Lipinski definition) is 1. The molecule has 120 valence electrons. The molecule has 1 saturated heterocycles. The van der Waals surface area contributed by atoms with Crippen LogP contribution >= 0.6 is 0 Å². The highest BCUT2D eigenvalue weighted by Gasteiger charge is 2.23. The van der Waals surface area contributed by atoms with Crippen molar-refractivity contribution in [3.05, 3.63) is 23.2 Å². The molecule has 1 fully saturated rings. The zero-order valence-corrected chi connectivity index (χ0v) is 14.3. The molecule has 21 heavy (non-hydrogen) atoms. The maximum absolute atomic E-state index is 5.96. The monoisotopic (exact) mass is 292 g/mol. The van der Waals surface area contributed by atoms with Crippen molar-refractivity contribution in [1.82, 2.24) is 10.2 Å².